The molecule has 1 amide bonds. The van der Waals surface area contributed by atoms with E-state index in [1.807, 2.05) is 18.2 Å². The third-order valence-electron chi connectivity index (χ3n) is 4.36. The van der Waals surface area contributed by atoms with E-state index in [1.54, 1.807) is 0 Å². The van der Waals surface area contributed by atoms with Gasteiger partial charge in [-0.3, -0.25) is 4.79 Å². The lowest BCUT2D eigenvalue weighted by Gasteiger charge is -2.29. The Bertz CT molecular complexity index is 518. The van der Waals surface area contributed by atoms with Crippen LogP contribution in [-0.2, 0) is 4.79 Å². The molecule has 114 valence electrons. The van der Waals surface area contributed by atoms with Crippen molar-refractivity contribution in [3.05, 3.63) is 18.2 Å². The van der Waals surface area contributed by atoms with E-state index >= 15 is 0 Å². The van der Waals surface area contributed by atoms with Gasteiger partial charge in [0.1, 0.15) is 13.2 Å². The third-order valence-corrected chi connectivity index (χ3v) is 4.36. The molecule has 1 aliphatic carbocycles. The summed E-state index contributed by atoms with van der Waals surface area (Å²) in [6.45, 7) is 1.69. The molecule has 1 fully saturated rings. The Kier molecular flexibility index (Phi) is 4.29. The Morgan fingerprint density at radius 2 is 1.95 bits per heavy atom. The maximum absolute atomic E-state index is 12.5. The second-order valence-corrected chi connectivity index (χ2v) is 5.73. The Hall–Kier alpha value is -1.75. The minimum absolute atomic E-state index is 0.0250. The summed E-state index contributed by atoms with van der Waals surface area (Å²) in [7, 11) is 0. The van der Waals surface area contributed by atoms with Crippen LogP contribution in [0, 0.1) is 11.8 Å². The fourth-order valence-electron chi connectivity index (χ4n) is 3.19. The first kappa shape index (κ1) is 14.2. The number of amides is 1. The quantitative estimate of drug-likeness (QED) is 0.894. The van der Waals surface area contributed by atoms with Crippen LogP contribution in [0.5, 0.6) is 11.5 Å². The van der Waals surface area contributed by atoms with Crippen LogP contribution in [0.25, 0.3) is 0 Å². The fraction of sp³-hybridized carbons (Fsp3) is 0.562. The number of rotatable bonds is 3. The number of carbonyl (C=O) groups excluding carboxylic acids is 1. The fourth-order valence-corrected chi connectivity index (χ4v) is 3.19. The maximum Gasteiger partial charge on any atom is 0.227 e. The number of hydrogen-bond acceptors (Lipinski definition) is 4. The van der Waals surface area contributed by atoms with Gasteiger partial charge >= 0.3 is 0 Å². The molecule has 21 heavy (non-hydrogen) atoms. The smallest absolute Gasteiger partial charge is 0.227 e. The van der Waals surface area contributed by atoms with E-state index in [-0.39, 0.29) is 11.8 Å². The monoisotopic (exact) mass is 290 g/mol. The molecule has 0 saturated heterocycles. The highest BCUT2D eigenvalue weighted by Crippen LogP contribution is 2.34. The molecular weight excluding hydrogens is 268 g/mol. The van der Waals surface area contributed by atoms with Gasteiger partial charge in [0.25, 0.3) is 0 Å². The topological polar surface area (TPSA) is 73.6 Å². The zero-order chi connectivity index (χ0) is 14.7. The van der Waals surface area contributed by atoms with Gasteiger partial charge in [-0.05, 0) is 37.4 Å². The minimum Gasteiger partial charge on any atom is -0.486 e. The summed E-state index contributed by atoms with van der Waals surface area (Å²) >= 11 is 0. The van der Waals surface area contributed by atoms with Gasteiger partial charge in [0, 0.05) is 17.7 Å². The molecule has 1 heterocycles. The van der Waals surface area contributed by atoms with Gasteiger partial charge in [0.05, 0.1) is 0 Å². The largest absolute Gasteiger partial charge is 0.486 e. The van der Waals surface area contributed by atoms with E-state index in [9.17, 15) is 4.79 Å². The Labute approximate surface area is 124 Å². The van der Waals surface area contributed by atoms with Crippen molar-refractivity contribution in [3.8, 4) is 11.5 Å². The van der Waals surface area contributed by atoms with Crippen molar-refractivity contribution in [2.75, 3.05) is 25.1 Å². The first-order chi connectivity index (χ1) is 10.3. The summed E-state index contributed by atoms with van der Waals surface area (Å²) in [6, 6.07) is 5.52. The molecule has 0 bridgehead atoms. The molecule has 1 aromatic carbocycles. The number of carbonyl (C=O) groups is 1. The normalized spacial score (nSPS) is 24.4. The number of hydrogen-bond donors (Lipinski definition) is 2. The maximum atomic E-state index is 12.5. The highest BCUT2D eigenvalue weighted by atomic mass is 16.6. The van der Waals surface area contributed by atoms with Crippen LogP contribution in [0.15, 0.2) is 18.2 Å². The SMILES string of the molecule is NCC1CCCCC1C(=O)Nc1ccc2c(c1)OCCO2. The summed E-state index contributed by atoms with van der Waals surface area (Å²) in [5.74, 6) is 1.82. The van der Waals surface area contributed by atoms with E-state index in [4.69, 9.17) is 15.2 Å². The van der Waals surface area contributed by atoms with Crippen LogP contribution < -0.4 is 20.5 Å². The Morgan fingerprint density at radius 1 is 1.19 bits per heavy atom. The van der Waals surface area contributed by atoms with Crippen molar-refractivity contribution < 1.29 is 14.3 Å². The van der Waals surface area contributed by atoms with Crippen molar-refractivity contribution in [1.82, 2.24) is 0 Å². The number of benzene rings is 1. The summed E-state index contributed by atoms with van der Waals surface area (Å²) in [4.78, 5) is 12.5. The van der Waals surface area contributed by atoms with Crippen LogP contribution in [-0.4, -0.2) is 25.7 Å². The number of ether oxygens (including phenoxy) is 2. The molecule has 2 unspecified atom stereocenters. The molecule has 0 spiro atoms. The molecule has 0 radical (unpaired) electrons. The van der Waals surface area contributed by atoms with Crippen LogP contribution >= 0.6 is 0 Å². The lowest BCUT2D eigenvalue weighted by atomic mass is 9.78. The van der Waals surface area contributed by atoms with Crippen molar-refractivity contribution in [3.63, 3.8) is 0 Å². The molecule has 1 saturated carbocycles. The number of nitrogens with two attached hydrogens (primary N) is 1. The van der Waals surface area contributed by atoms with Crippen molar-refractivity contribution in [1.29, 1.82) is 0 Å². The first-order valence-corrected chi connectivity index (χ1v) is 7.68. The summed E-state index contributed by atoms with van der Waals surface area (Å²) in [5.41, 5.74) is 6.55. The van der Waals surface area contributed by atoms with Gasteiger partial charge < -0.3 is 20.5 Å². The molecule has 2 aliphatic rings. The zero-order valence-electron chi connectivity index (χ0n) is 12.1. The molecule has 3 rings (SSSR count). The lowest BCUT2D eigenvalue weighted by molar-refractivity contribution is -0.122. The van der Waals surface area contributed by atoms with Crippen molar-refractivity contribution >= 4 is 11.6 Å². The molecule has 1 aliphatic heterocycles. The highest BCUT2D eigenvalue weighted by Gasteiger charge is 2.30. The van der Waals surface area contributed by atoms with E-state index in [1.165, 1.54) is 6.42 Å². The second kappa shape index (κ2) is 6.35. The molecule has 3 N–H and O–H groups in total. The van der Waals surface area contributed by atoms with Crippen molar-refractivity contribution in [2.45, 2.75) is 25.7 Å². The molecule has 5 heteroatoms. The average Bonchev–Trinajstić information content (AvgIpc) is 2.54. The first-order valence-electron chi connectivity index (χ1n) is 7.68. The average molecular weight is 290 g/mol. The standard InChI is InChI=1S/C16H22N2O3/c17-10-11-3-1-2-4-13(11)16(19)18-12-5-6-14-15(9-12)21-8-7-20-14/h5-6,9,11,13H,1-4,7-8,10,17H2,(H,18,19). The third kappa shape index (κ3) is 3.13. The van der Waals surface area contributed by atoms with E-state index in [0.29, 0.717) is 31.4 Å². The van der Waals surface area contributed by atoms with Crippen LogP contribution in [0.2, 0.25) is 0 Å². The molecule has 0 aromatic heterocycles. The molecule has 2 atom stereocenters. The van der Waals surface area contributed by atoms with Gasteiger partial charge in [-0.2, -0.15) is 0 Å². The zero-order valence-corrected chi connectivity index (χ0v) is 12.1. The van der Waals surface area contributed by atoms with Crippen LogP contribution in [0.1, 0.15) is 25.7 Å². The van der Waals surface area contributed by atoms with Crippen molar-refractivity contribution in [2.24, 2.45) is 17.6 Å². The van der Waals surface area contributed by atoms with Crippen LogP contribution in [0.4, 0.5) is 5.69 Å². The number of anilines is 1. The summed E-state index contributed by atoms with van der Waals surface area (Å²) < 4.78 is 11.0. The van der Waals surface area contributed by atoms with Gasteiger partial charge in [0.2, 0.25) is 5.91 Å². The van der Waals surface area contributed by atoms with Crippen LogP contribution in [0.3, 0.4) is 0 Å². The van der Waals surface area contributed by atoms with E-state index in [0.717, 1.165) is 30.7 Å². The van der Waals surface area contributed by atoms with E-state index < -0.39 is 0 Å². The molecular formula is C16H22N2O3. The minimum atomic E-state index is 0.0250. The van der Waals surface area contributed by atoms with Gasteiger partial charge in [-0.1, -0.05) is 12.8 Å². The highest BCUT2D eigenvalue weighted by molar-refractivity contribution is 5.93. The summed E-state index contributed by atoms with van der Waals surface area (Å²) in [6.07, 6.45) is 4.26. The Balaban J connectivity index is 1.69. The lowest BCUT2D eigenvalue weighted by Crippen LogP contribution is -2.35. The van der Waals surface area contributed by atoms with Gasteiger partial charge in [0.15, 0.2) is 11.5 Å². The number of fused-ring (bicyclic) bond motifs is 1. The molecule has 5 nitrogen and oxygen atoms in total. The van der Waals surface area contributed by atoms with E-state index in [2.05, 4.69) is 5.32 Å². The Morgan fingerprint density at radius 3 is 2.76 bits per heavy atom. The predicted molar refractivity (Wildman–Crippen MR) is 80.6 cm³/mol. The second-order valence-electron chi connectivity index (χ2n) is 5.73. The molecule has 1 aromatic rings. The summed E-state index contributed by atoms with van der Waals surface area (Å²) in [5, 5.41) is 3.00. The van der Waals surface area contributed by atoms with Gasteiger partial charge in [-0.15, -0.1) is 0 Å². The predicted octanol–water partition coefficient (Wildman–Crippen LogP) is 2.16. The number of nitrogens with one attached hydrogen (secondary N) is 1. The van der Waals surface area contributed by atoms with Gasteiger partial charge in [-0.25, -0.2) is 0 Å².